The highest BCUT2D eigenvalue weighted by Crippen LogP contribution is 2.38. The summed E-state index contributed by atoms with van der Waals surface area (Å²) in [7, 11) is 1.56. The molecule has 0 aliphatic carbocycles. The van der Waals surface area contributed by atoms with Gasteiger partial charge in [-0.2, -0.15) is 0 Å². The van der Waals surface area contributed by atoms with Gasteiger partial charge in [0.05, 0.1) is 13.0 Å². The van der Waals surface area contributed by atoms with Crippen LogP contribution in [-0.2, 0) is 16.1 Å². The standard InChI is InChI=1S/C21H19FO5/c1-25-8-2-3-14-4-7-19(22)16(9-14)13-26-17-5-6-18-15(10-21(23)24)12-27-20(18)11-17/h4-7,9,11,15H,8,10,12-13H2,1H3,(H,23,24). The molecule has 2 aromatic rings. The lowest BCUT2D eigenvalue weighted by atomic mass is 9.98. The van der Waals surface area contributed by atoms with Crippen LogP contribution >= 0.6 is 0 Å². The number of carbonyl (C=O) groups is 1. The molecule has 0 saturated heterocycles. The summed E-state index contributed by atoms with van der Waals surface area (Å²) >= 11 is 0. The number of fused-ring (bicyclic) bond motifs is 1. The van der Waals surface area contributed by atoms with E-state index in [4.69, 9.17) is 19.3 Å². The van der Waals surface area contributed by atoms with Gasteiger partial charge in [-0.15, -0.1) is 0 Å². The maximum absolute atomic E-state index is 14.0. The second-order valence-electron chi connectivity index (χ2n) is 6.14. The fraction of sp³-hybridized carbons (Fsp3) is 0.286. The van der Waals surface area contributed by atoms with Gasteiger partial charge in [-0.05, 0) is 24.3 Å². The SMILES string of the molecule is COCC#Cc1ccc(F)c(COc2ccc3c(c2)OCC3CC(=O)O)c1. The molecule has 0 spiro atoms. The van der Waals surface area contributed by atoms with Crippen LogP contribution in [0, 0.1) is 17.7 Å². The summed E-state index contributed by atoms with van der Waals surface area (Å²) in [6, 6.07) is 9.85. The Kier molecular flexibility index (Phi) is 5.94. The molecule has 1 unspecified atom stereocenters. The van der Waals surface area contributed by atoms with Gasteiger partial charge in [-0.1, -0.05) is 17.9 Å². The number of halogens is 1. The van der Waals surface area contributed by atoms with Crippen LogP contribution in [0.15, 0.2) is 36.4 Å². The van der Waals surface area contributed by atoms with Gasteiger partial charge in [0, 0.05) is 35.8 Å². The molecular formula is C21H19FO5. The third-order valence-corrected chi connectivity index (χ3v) is 4.18. The molecule has 0 saturated carbocycles. The summed E-state index contributed by atoms with van der Waals surface area (Å²) in [6.45, 7) is 0.687. The molecule has 0 amide bonds. The lowest BCUT2D eigenvalue weighted by molar-refractivity contribution is -0.137. The smallest absolute Gasteiger partial charge is 0.304 e. The van der Waals surface area contributed by atoms with E-state index in [1.165, 1.54) is 6.07 Å². The first-order valence-corrected chi connectivity index (χ1v) is 8.44. The molecule has 3 rings (SSSR count). The summed E-state index contributed by atoms with van der Waals surface area (Å²) in [6.07, 6.45) is 0.0231. The number of hydrogen-bond acceptors (Lipinski definition) is 4. The largest absolute Gasteiger partial charge is 0.492 e. The van der Waals surface area contributed by atoms with Gasteiger partial charge in [0.25, 0.3) is 0 Å². The summed E-state index contributed by atoms with van der Waals surface area (Å²) in [4.78, 5) is 10.9. The molecule has 1 heterocycles. The number of methoxy groups -OCH3 is 1. The number of carboxylic acid groups (broad SMARTS) is 1. The van der Waals surface area contributed by atoms with E-state index in [0.29, 0.717) is 35.8 Å². The predicted molar refractivity (Wildman–Crippen MR) is 96.4 cm³/mol. The molecule has 2 aromatic carbocycles. The van der Waals surface area contributed by atoms with Crippen LogP contribution in [0.4, 0.5) is 4.39 Å². The minimum Gasteiger partial charge on any atom is -0.492 e. The molecule has 5 nitrogen and oxygen atoms in total. The van der Waals surface area contributed by atoms with Crippen LogP contribution in [0.5, 0.6) is 11.5 Å². The monoisotopic (exact) mass is 370 g/mol. The van der Waals surface area contributed by atoms with E-state index >= 15 is 0 Å². The molecule has 1 N–H and O–H groups in total. The van der Waals surface area contributed by atoms with Gasteiger partial charge in [0.15, 0.2) is 0 Å². The number of rotatable bonds is 6. The first kappa shape index (κ1) is 18.7. The number of aliphatic carboxylic acids is 1. The fourth-order valence-electron chi connectivity index (χ4n) is 2.86. The van der Waals surface area contributed by atoms with E-state index in [9.17, 15) is 9.18 Å². The van der Waals surface area contributed by atoms with Crippen LogP contribution in [0.1, 0.15) is 29.0 Å². The van der Waals surface area contributed by atoms with Crippen molar-refractivity contribution >= 4 is 5.97 Å². The Hall–Kier alpha value is -3.04. The van der Waals surface area contributed by atoms with Crippen molar-refractivity contribution in [1.29, 1.82) is 0 Å². The maximum atomic E-state index is 14.0. The number of carboxylic acids is 1. The van der Waals surface area contributed by atoms with Crippen molar-refractivity contribution in [2.24, 2.45) is 0 Å². The van der Waals surface area contributed by atoms with Crippen molar-refractivity contribution in [2.45, 2.75) is 18.9 Å². The quantitative estimate of drug-likeness (QED) is 0.790. The Morgan fingerprint density at radius 3 is 2.96 bits per heavy atom. The Labute approximate surface area is 156 Å². The van der Waals surface area contributed by atoms with Crippen molar-refractivity contribution in [3.8, 4) is 23.3 Å². The number of benzene rings is 2. The summed E-state index contributed by atoms with van der Waals surface area (Å²) in [5, 5.41) is 8.95. The average molecular weight is 370 g/mol. The van der Waals surface area contributed by atoms with E-state index < -0.39 is 5.97 Å². The van der Waals surface area contributed by atoms with E-state index in [-0.39, 0.29) is 24.8 Å². The molecule has 6 heteroatoms. The minimum absolute atomic E-state index is 0.0231. The molecule has 0 bridgehead atoms. The van der Waals surface area contributed by atoms with Crippen molar-refractivity contribution in [3.63, 3.8) is 0 Å². The lowest BCUT2D eigenvalue weighted by Gasteiger charge is -2.10. The van der Waals surface area contributed by atoms with E-state index in [1.807, 2.05) is 0 Å². The maximum Gasteiger partial charge on any atom is 0.304 e. The van der Waals surface area contributed by atoms with Gasteiger partial charge < -0.3 is 19.3 Å². The van der Waals surface area contributed by atoms with E-state index in [0.717, 1.165) is 5.56 Å². The molecule has 0 radical (unpaired) electrons. The van der Waals surface area contributed by atoms with Crippen LogP contribution < -0.4 is 9.47 Å². The number of ether oxygens (including phenoxy) is 3. The third kappa shape index (κ3) is 4.78. The fourth-order valence-corrected chi connectivity index (χ4v) is 2.86. The Balaban J connectivity index is 1.68. The van der Waals surface area contributed by atoms with Gasteiger partial charge in [0.2, 0.25) is 0 Å². The van der Waals surface area contributed by atoms with Crippen LogP contribution in [-0.4, -0.2) is 31.4 Å². The van der Waals surface area contributed by atoms with Crippen molar-refractivity contribution < 1.29 is 28.5 Å². The van der Waals surface area contributed by atoms with Crippen LogP contribution in [0.2, 0.25) is 0 Å². The Morgan fingerprint density at radius 1 is 1.33 bits per heavy atom. The highest BCUT2D eigenvalue weighted by Gasteiger charge is 2.26. The number of hydrogen-bond donors (Lipinski definition) is 1. The van der Waals surface area contributed by atoms with Gasteiger partial charge in [-0.3, -0.25) is 4.79 Å². The Bertz CT molecular complexity index is 897. The van der Waals surface area contributed by atoms with Gasteiger partial charge >= 0.3 is 5.97 Å². The van der Waals surface area contributed by atoms with E-state index in [1.54, 1.807) is 37.4 Å². The molecule has 1 aliphatic rings. The lowest BCUT2D eigenvalue weighted by Crippen LogP contribution is -2.07. The van der Waals surface area contributed by atoms with Crippen molar-refractivity contribution in [2.75, 3.05) is 20.3 Å². The normalized spacial score (nSPS) is 14.7. The van der Waals surface area contributed by atoms with Crippen LogP contribution in [0.25, 0.3) is 0 Å². The zero-order valence-corrected chi connectivity index (χ0v) is 14.8. The molecule has 0 fully saturated rings. The first-order chi connectivity index (χ1) is 13.1. The molecular weight excluding hydrogens is 351 g/mol. The predicted octanol–water partition coefficient (Wildman–Crippen LogP) is 3.35. The zero-order valence-electron chi connectivity index (χ0n) is 14.8. The third-order valence-electron chi connectivity index (χ3n) is 4.18. The molecule has 1 aliphatic heterocycles. The highest BCUT2D eigenvalue weighted by molar-refractivity contribution is 5.68. The minimum atomic E-state index is -0.860. The highest BCUT2D eigenvalue weighted by atomic mass is 19.1. The van der Waals surface area contributed by atoms with Crippen molar-refractivity contribution in [3.05, 3.63) is 58.9 Å². The average Bonchev–Trinajstić information content (AvgIpc) is 3.03. The summed E-state index contributed by atoms with van der Waals surface area (Å²) in [5.74, 6) is 5.47. The van der Waals surface area contributed by atoms with Crippen molar-refractivity contribution in [1.82, 2.24) is 0 Å². The Morgan fingerprint density at radius 2 is 2.19 bits per heavy atom. The zero-order chi connectivity index (χ0) is 19.2. The topological polar surface area (TPSA) is 65.0 Å². The second kappa shape index (κ2) is 8.56. The summed E-state index contributed by atoms with van der Waals surface area (Å²) < 4.78 is 30.1. The second-order valence-corrected chi connectivity index (χ2v) is 6.14. The van der Waals surface area contributed by atoms with Crippen LogP contribution in [0.3, 0.4) is 0 Å². The van der Waals surface area contributed by atoms with E-state index in [2.05, 4.69) is 11.8 Å². The molecule has 140 valence electrons. The first-order valence-electron chi connectivity index (χ1n) is 8.44. The summed E-state index contributed by atoms with van der Waals surface area (Å²) in [5.41, 5.74) is 1.93. The van der Waals surface area contributed by atoms with Gasteiger partial charge in [-0.25, -0.2) is 4.39 Å². The molecule has 27 heavy (non-hydrogen) atoms. The molecule has 1 atom stereocenters. The van der Waals surface area contributed by atoms with Gasteiger partial charge in [0.1, 0.15) is 30.5 Å². The molecule has 0 aromatic heterocycles.